The van der Waals surface area contributed by atoms with Crippen LogP contribution in [-0.2, 0) is 6.54 Å². The Bertz CT molecular complexity index is 810. The smallest absolute Gasteiger partial charge is 0.257 e. The summed E-state index contributed by atoms with van der Waals surface area (Å²) >= 11 is 0. The molecule has 6 nitrogen and oxygen atoms in total. The summed E-state index contributed by atoms with van der Waals surface area (Å²) < 4.78 is 1.78. The summed E-state index contributed by atoms with van der Waals surface area (Å²) in [5.74, 6) is 0.540. The number of carbonyl (C=O) groups is 1. The third-order valence-electron chi connectivity index (χ3n) is 3.46. The van der Waals surface area contributed by atoms with Crippen molar-refractivity contribution in [2.24, 2.45) is 0 Å². The van der Waals surface area contributed by atoms with E-state index < -0.39 is 0 Å². The second kappa shape index (κ2) is 7.06. The fourth-order valence-electron chi connectivity index (χ4n) is 2.38. The fourth-order valence-corrected chi connectivity index (χ4v) is 2.38. The van der Waals surface area contributed by atoms with E-state index in [1.54, 1.807) is 41.6 Å². The van der Waals surface area contributed by atoms with Crippen molar-refractivity contribution in [3.05, 3.63) is 72.4 Å². The summed E-state index contributed by atoms with van der Waals surface area (Å²) in [4.78, 5) is 22.7. The van der Waals surface area contributed by atoms with Crippen LogP contribution < -0.4 is 5.32 Å². The minimum atomic E-state index is -0.179. The van der Waals surface area contributed by atoms with Crippen molar-refractivity contribution in [2.75, 3.05) is 19.4 Å². The zero-order chi connectivity index (χ0) is 16.9. The Labute approximate surface area is 140 Å². The molecule has 0 aliphatic rings. The van der Waals surface area contributed by atoms with Crippen LogP contribution in [0.2, 0.25) is 0 Å². The van der Waals surface area contributed by atoms with Gasteiger partial charge in [-0.05, 0) is 43.9 Å². The van der Waals surface area contributed by atoms with Gasteiger partial charge in [-0.15, -0.1) is 0 Å². The summed E-state index contributed by atoms with van der Waals surface area (Å²) in [6.45, 7) is 0.824. The first-order valence-corrected chi connectivity index (χ1v) is 7.61. The van der Waals surface area contributed by atoms with E-state index in [0.29, 0.717) is 5.56 Å². The number of carbonyl (C=O) groups excluding carboxylic acids is 1. The highest BCUT2D eigenvalue weighted by atomic mass is 16.1. The number of benzene rings is 1. The summed E-state index contributed by atoms with van der Waals surface area (Å²) in [5.41, 5.74) is 2.43. The minimum absolute atomic E-state index is 0.179. The summed E-state index contributed by atoms with van der Waals surface area (Å²) in [7, 11) is 4.03. The predicted molar refractivity (Wildman–Crippen MR) is 93.1 cm³/mol. The highest BCUT2D eigenvalue weighted by Crippen LogP contribution is 2.14. The van der Waals surface area contributed by atoms with Crippen LogP contribution in [0.1, 0.15) is 15.9 Å². The van der Waals surface area contributed by atoms with Gasteiger partial charge in [0.1, 0.15) is 12.1 Å². The van der Waals surface area contributed by atoms with Crippen LogP contribution in [0.25, 0.3) is 5.82 Å². The minimum Gasteiger partial charge on any atom is -0.322 e. The van der Waals surface area contributed by atoms with E-state index >= 15 is 0 Å². The van der Waals surface area contributed by atoms with Crippen molar-refractivity contribution >= 4 is 11.6 Å². The van der Waals surface area contributed by atoms with E-state index in [0.717, 1.165) is 23.6 Å². The Morgan fingerprint density at radius 3 is 2.79 bits per heavy atom. The maximum Gasteiger partial charge on any atom is 0.257 e. The van der Waals surface area contributed by atoms with Crippen molar-refractivity contribution in [1.82, 2.24) is 19.4 Å². The van der Waals surface area contributed by atoms with E-state index in [4.69, 9.17) is 0 Å². The molecule has 0 aliphatic carbocycles. The number of nitrogens with zero attached hydrogens (tertiary/aromatic N) is 4. The second-order valence-corrected chi connectivity index (χ2v) is 5.77. The van der Waals surface area contributed by atoms with Gasteiger partial charge in [-0.2, -0.15) is 0 Å². The number of aromatic nitrogens is 3. The first-order chi connectivity index (χ1) is 11.6. The highest BCUT2D eigenvalue weighted by Gasteiger charge is 2.08. The van der Waals surface area contributed by atoms with E-state index in [9.17, 15) is 4.79 Å². The van der Waals surface area contributed by atoms with Crippen molar-refractivity contribution in [2.45, 2.75) is 6.54 Å². The normalized spacial score (nSPS) is 10.8. The van der Waals surface area contributed by atoms with Gasteiger partial charge in [0.15, 0.2) is 0 Å². The summed E-state index contributed by atoms with van der Waals surface area (Å²) in [6.07, 6.45) is 6.72. The molecule has 3 aromatic rings. The molecule has 0 saturated heterocycles. The molecule has 0 unspecified atom stereocenters. The molecule has 0 spiro atoms. The molecule has 6 heteroatoms. The van der Waals surface area contributed by atoms with Gasteiger partial charge in [-0.3, -0.25) is 9.36 Å². The molecule has 0 atom stereocenters. The molecule has 1 aromatic carbocycles. The first-order valence-electron chi connectivity index (χ1n) is 7.61. The lowest BCUT2D eigenvalue weighted by molar-refractivity contribution is 0.102. The largest absolute Gasteiger partial charge is 0.322 e. The van der Waals surface area contributed by atoms with Gasteiger partial charge >= 0.3 is 0 Å². The topological polar surface area (TPSA) is 63.1 Å². The van der Waals surface area contributed by atoms with E-state index in [1.807, 2.05) is 38.4 Å². The number of amides is 1. The van der Waals surface area contributed by atoms with Gasteiger partial charge in [-0.1, -0.05) is 12.1 Å². The second-order valence-electron chi connectivity index (χ2n) is 5.77. The van der Waals surface area contributed by atoms with Crippen LogP contribution in [0, 0.1) is 0 Å². The van der Waals surface area contributed by atoms with E-state index in [1.165, 1.54) is 0 Å². The Hall–Kier alpha value is -2.99. The highest BCUT2D eigenvalue weighted by molar-refractivity contribution is 6.04. The number of imidazole rings is 1. The maximum atomic E-state index is 12.4. The molecule has 0 fully saturated rings. The molecule has 1 N–H and O–H groups in total. The van der Waals surface area contributed by atoms with Crippen LogP contribution >= 0.6 is 0 Å². The lowest BCUT2D eigenvalue weighted by Crippen LogP contribution is -2.14. The van der Waals surface area contributed by atoms with Crippen molar-refractivity contribution in [3.63, 3.8) is 0 Å². The van der Waals surface area contributed by atoms with Crippen LogP contribution in [0.4, 0.5) is 5.69 Å². The number of hydrogen-bond donors (Lipinski definition) is 1. The Morgan fingerprint density at radius 1 is 1.25 bits per heavy atom. The lowest BCUT2D eigenvalue weighted by atomic mass is 10.2. The Kier molecular flexibility index (Phi) is 4.67. The Balaban J connectivity index is 1.71. The van der Waals surface area contributed by atoms with E-state index in [-0.39, 0.29) is 5.91 Å². The Morgan fingerprint density at radius 2 is 2.12 bits per heavy atom. The third-order valence-corrected chi connectivity index (χ3v) is 3.46. The van der Waals surface area contributed by atoms with Gasteiger partial charge in [0, 0.05) is 30.8 Å². The van der Waals surface area contributed by atoms with Gasteiger partial charge < -0.3 is 10.2 Å². The molecule has 0 radical (unpaired) electrons. The van der Waals surface area contributed by atoms with Gasteiger partial charge in [-0.25, -0.2) is 9.97 Å². The lowest BCUT2D eigenvalue weighted by Gasteiger charge is -2.11. The molecule has 2 aromatic heterocycles. The quantitative estimate of drug-likeness (QED) is 0.784. The zero-order valence-corrected chi connectivity index (χ0v) is 13.7. The number of pyridine rings is 1. The van der Waals surface area contributed by atoms with Crippen LogP contribution in [0.15, 0.2) is 61.3 Å². The number of nitrogens with one attached hydrogen (secondary N) is 1. The first kappa shape index (κ1) is 15.9. The molecule has 122 valence electrons. The molecular weight excluding hydrogens is 302 g/mol. The van der Waals surface area contributed by atoms with Crippen LogP contribution in [0.5, 0.6) is 0 Å². The number of anilines is 1. The van der Waals surface area contributed by atoms with Crippen molar-refractivity contribution < 1.29 is 4.79 Å². The molecule has 1 amide bonds. The predicted octanol–water partition coefficient (Wildman–Crippen LogP) is 2.58. The number of rotatable bonds is 5. The average molecular weight is 321 g/mol. The molecular formula is C18H19N5O. The molecule has 0 bridgehead atoms. The zero-order valence-electron chi connectivity index (χ0n) is 13.7. The van der Waals surface area contributed by atoms with Crippen molar-refractivity contribution in [3.8, 4) is 5.82 Å². The van der Waals surface area contributed by atoms with Crippen LogP contribution in [0.3, 0.4) is 0 Å². The fraction of sp³-hybridized carbons (Fsp3) is 0.167. The molecule has 24 heavy (non-hydrogen) atoms. The molecule has 0 aliphatic heterocycles. The standard InChI is InChI=1S/C18H19N5O/c1-22(2)12-14-4-3-5-16(10-14)21-18(24)15-6-7-17(20-11-15)23-9-8-19-13-23/h3-11,13H,12H2,1-2H3,(H,21,24). The maximum absolute atomic E-state index is 12.4. The molecule has 0 saturated carbocycles. The summed E-state index contributed by atoms with van der Waals surface area (Å²) in [6, 6.07) is 11.4. The van der Waals surface area contributed by atoms with E-state index in [2.05, 4.69) is 20.2 Å². The summed E-state index contributed by atoms with van der Waals surface area (Å²) in [5, 5.41) is 2.91. The number of hydrogen-bond acceptors (Lipinski definition) is 4. The monoisotopic (exact) mass is 321 g/mol. The van der Waals surface area contributed by atoms with Gasteiger partial charge in [0.05, 0.1) is 5.56 Å². The van der Waals surface area contributed by atoms with Gasteiger partial charge in [0.2, 0.25) is 0 Å². The SMILES string of the molecule is CN(C)Cc1cccc(NC(=O)c2ccc(-n3ccnc3)nc2)c1. The average Bonchev–Trinajstić information content (AvgIpc) is 3.09. The van der Waals surface area contributed by atoms with Gasteiger partial charge in [0.25, 0.3) is 5.91 Å². The molecule has 3 rings (SSSR count). The van der Waals surface area contributed by atoms with Crippen LogP contribution in [-0.4, -0.2) is 39.4 Å². The molecule has 2 heterocycles. The van der Waals surface area contributed by atoms with Crippen molar-refractivity contribution in [1.29, 1.82) is 0 Å². The third kappa shape index (κ3) is 3.85.